The predicted octanol–water partition coefficient (Wildman–Crippen LogP) is 2.98. The van der Waals surface area contributed by atoms with Gasteiger partial charge in [0.2, 0.25) is 0 Å². The van der Waals surface area contributed by atoms with Gasteiger partial charge in [-0.2, -0.15) is 0 Å². The van der Waals surface area contributed by atoms with E-state index in [2.05, 4.69) is 4.90 Å². The van der Waals surface area contributed by atoms with Gasteiger partial charge in [0.1, 0.15) is 0 Å². The fourth-order valence-corrected chi connectivity index (χ4v) is 3.25. The van der Waals surface area contributed by atoms with Gasteiger partial charge in [-0.05, 0) is 23.3 Å². The molecule has 1 heterocycles. The van der Waals surface area contributed by atoms with Crippen molar-refractivity contribution in [1.29, 1.82) is 0 Å². The molecule has 25 heavy (non-hydrogen) atoms. The first-order valence-electron chi connectivity index (χ1n) is 8.55. The second-order valence-corrected chi connectivity index (χ2v) is 6.27. The highest BCUT2D eigenvalue weighted by atomic mass is 19.1. The largest absolute Gasteiger partial charge is 0.494 e. The number of halogens is 1. The Morgan fingerprint density at radius 3 is 2.48 bits per heavy atom. The molecular formula is C20H24FNO3. The smallest absolute Gasteiger partial charge is 0.165 e. The zero-order valence-corrected chi connectivity index (χ0v) is 14.4. The van der Waals surface area contributed by atoms with Crippen molar-refractivity contribution in [1.82, 2.24) is 4.90 Å². The molecule has 1 aliphatic rings. The quantitative estimate of drug-likeness (QED) is 0.874. The summed E-state index contributed by atoms with van der Waals surface area (Å²) in [5.41, 5.74) is 1.60. The number of ether oxygens (including phenoxy) is 2. The van der Waals surface area contributed by atoms with Crippen molar-refractivity contribution in [2.24, 2.45) is 0 Å². The molecule has 1 fully saturated rings. The number of methoxy groups -OCH3 is 1. The molecule has 0 aromatic heterocycles. The van der Waals surface area contributed by atoms with Crippen LogP contribution in [-0.4, -0.2) is 50.0 Å². The lowest BCUT2D eigenvalue weighted by atomic mass is 9.88. The number of hydrogen-bond acceptors (Lipinski definition) is 4. The van der Waals surface area contributed by atoms with Crippen LogP contribution >= 0.6 is 0 Å². The maximum atomic E-state index is 14.1. The van der Waals surface area contributed by atoms with Crippen LogP contribution in [0, 0.1) is 5.82 Å². The molecule has 0 amide bonds. The van der Waals surface area contributed by atoms with E-state index < -0.39 is 11.9 Å². The molecular weight excluding hydrogens is 321 g/mol. The van der Waals surface area contributed by atoms with Gasteiger partial charge in [-0.1, -0.05) is 36.4 Å². The van der Waals surface area contributed by atoms with Crippen LogP contribution in [0.5, 0.6) is 5.75 Å². The maximum Gasteiger partial charge on any atom is 0.165 e. The van der Waals surface area contributed by atoms with Gasteiger partial charge in [0, 0.05) is 25.6 Å². The van der Waals surface area contributed by atoms with Gasteiger partial charge in [0.05, 0.1) is 26.4 Å². The average Bonchev–Trinajstić information content (AvgIpc) is 2.67. The van der Waals surface area contributed by atoms with Crippen LogP contribution in [0.2, 0.25) is 0 Å². The van der Waals surface area contributed by atoms with Crippen molar-refractivity contribution >= 4 is 0 Å². The topological polar surface area (TPSA) is 41.9 Å². The first-order chi connectivity index (χ1) is 12.2. The molecule has 2 atom stereocenters. The Morgan fingerprint density at radius 1 is 1.12 bits per heavy atom. The highest BCUT2D eigenvalue weighted by Gasteiger charge is 2.26. The zero-order chi connectivity index (χ0) is 17.6. The van der Waals surface area contributed by atoms with E-state index in [9.17, 15) is 9.50 Å². The number of aliphatic hydroxyl groups excluding tert-OH is 1. The monoisotopic (exact) mass is 345 g/mol. The lowest BCUT2D eigenvalue weighted by Gasteiger charge is -2.33. The van der Waals surface area contributed by atoms with Gasteiger partial charge >= 0.3 is 0 Å². The maximum absolute atomic E-state index is 14.1. The minimum Gasteiger partial charge on any atom is -0.494 e. The molecule has 0 saturated carbocycles. The molecule has 1 N–H and O–H groups in total. The van der Waals surface area contributed by atoms with Crippen molar-refractivity contribution < 1.29 is 19.0 Å². The molecule has 4 nitrogen and oxygen atoms in total. The molecule has 0 unspecified atom stereocenters. The van der Waals surface area contributed by atoms with E-state index in [1.54, 1.807) is 12.1 Å². The van der Waals surface area contributed by atoms with Gasteiger partial charge < -0.3 is 14.6 Å². The normalized spacial score (nSPS) is 17.9. The van der Waals surface area contributed by atoms with Crippen molar-refractivity contribution in [2.45, 2.75) is 12.0 Å². The molecule has 5 heteroatoms. The number of nitrogens with zero attached hydrogens (tertiary/aromatic N) is 1. The van der Waals surface area contributed by atoms with E-state index in [4.69, 9.17) is 9.47 Å². The van der Waals surface area contributed by atoms with Crippen molar-refractivity contribution in [3.63, 3.8) is 0 Å². The van der Waals surface area contributed by atoms with E-state index in [-0.39, 0.29) is 11.7 Å². The third-order valence-corrected chi connectivity index (χ3v) is 4.68. The van der Waals surface area contributed by atoms with Crippen LogP contribution in [0.15, 0.2) is 48.5 Å². The van der Waals surface area contributed by atoms with Gasteiger partial charge in [0.25, 0.3) is 0 Å². The summed E-state index contributed by atoms with van der Waals surface area (Å²) in [7, 11) is 1.43. The molecule has 0 aliphatic carbocycles. The molecule has 2 aromatic rings. The van der Waals surface area contributed by atoms with Crippen LogP contribution in [0.25, 0.3) is 0 Å². The molecule has 1 saturated heterocycles. The summed E-state index contributed by atoms with van der Waals surface area (Å²) in [6, 6.07) is 14.5. The first-order valence-corrected chi connectivity index (χ1v) is 8.55. The second kappa shape index (κ2) is 8.43. The Balaban J connectivity index is 1.86. The summed E-state index contributed by atoms with van der Waals surface area (Å²) in [5.74, 6) is -0.426. The van der Waals surface area contributed by atoms with Crippen LogP contribution in [0.4, 0.5) is 4.39 Å². The Morgan fingerprint density at radius 2 is 1.84 bits per heavy atom. The van der Waals surface area contributed by atoms with Gasteiger partial charge in [-0.15, -0.1) is 0 Å². The Labute approximate surface area is 147 Å². The highest BCUT2D eigenvalue weighted by molar-refractivity contribution is 5.33. The summed E-state index contributed by atoms with van der Waals surface area (Å²) in [4.78, 5) is 2.28. The van der Waals surface area contributed by atoms with E-state index in [1.807, 2.05) is 30.3 Å². The van der Waals surface area contributed by atoms with Gasteiger partial charge in [-0.3, -0.25) is 4.90 Å². The number of benzene rings is 2. The van der Waals surface area contributed by atoms with Crippen LogP contribution in [-0.2, 0) is 4.74 Å². The lowest BCUT2D eigenvalue weighted by Crippen LogP contribution is -2.40. The van der Waals surface area contributed by atoms with Crippen LogP contribution < -0.4 is 4.74 Å². The van der Waals surface area contributed by atoms with E-state index in [0.29, 0.717) is 25.3 Å². The number of morpholine rings is 1. The minimum atomic E-state index is -0.800. The second-order valence-electron chi connectivity index (χ2n) is 6.27. The van der Waals surface area contributed by atoms with Crippen molar-refractivity contribution in [3.8, 4) is 5.75 Å². The molecule has 0 radical (unpaired) electrons. The fourth-order valence-electron chi connectivity index (χ4n) is 3.25. The Hall–Kier alpha value is -1.95. The molecule has 134 valence electrons. The molecule has 0 bridgehead atoms. The van der Waals surface area contributed by atoms with Crippen molar-refractivity contribution in [3.05, 3.63) is 65.5 Å². The molecule has 3 rings (SSSR count). The fraction of sp³-hybridized carbons (Fsp3) is 0.400. The first kappa shape index (κ1) is 17.9. The van der Waals surface area contributed by atoms with Crippen LogP contribution in [0.3, 0.4) is 0 Å². The SMILES string of the molecule is COc1ccc([C@@H](O)[C@H](CN2CCOCC2)c2ccccc2)cc1F. The average molecular weight is 345 g/mol. The van der Waals surface area contributed by atoms with E-state index in [0.717, 1.165) is 18.7 Å². The Kier molecular flexibility index (Phi) is 6.02. The summed E-state index contributed by atoms with van der Waals surface area (Å²) in [6.45, 7) is 3.78. The third kappa shape index (κ3) is 4.37. The standard InChI is InChI=1S/C20H24FNO3/c1-24-19-8-7-16(13-18(19)21)20(23)17(15-5-3-2-4-6-15)14-22-9-11-25-12-10-22/h2-8,13,17,20,23H,9-12,14H2,1H3/t17-,20-/m1/s1. The van der Waals surface area contributed by atoms with Gasteiger partial charge in [0.15, 0.2) is 11.6 Å². The summed E-state index contributed by atoms with van der Waals surface area (Å²) >= 11 is 0. The zero-order valence-electron chi connectivity index (χ0n) is 14.4. The summed E-state index contributed by atoms with van der Waals surface area (Å²) in [5, 5.41) is 11.0. The summed E-state index contributed by atoms with van der Waals surface area (Å²) < 4.78 is 24.4. The van der Waals surface area contributed by atoms with Gasteiger partial charge in [-0.25, -0.2) is 4.39 Å². The predicted molar refractivity (Wildman–Crippen MR) is 94.4 cm³/mol. The third-order valence-electron chi connectivity index (χ3n) is 4.68. The number of rotatable bonds is 6. The van der Waals surface area contributed by atoms with E-state index in [1.165, 1.54) is 13.2 Å². The van der Waals surface area contributed by atoms with Crippen LogP contribution in [0.1, 0.15) is 23.1 Å². The van der Waals surface area contributed by atoms with Crippen molar-refractivity contribution in [2.75, 3.05) is 40.0 Å². The van der Waals surface area contributed by atoms with E-state index >= 15 is 0 Å². The Bertz CT molecular complexity index is 674. The molecule has 1 aliphatic heterocycles. The summed E-state index contributed by atoms with van der Waals surface area (Å²) in [6.07, 6.45) is -0.800. The molecule has 2 aromatic carbocycles. The number of hydrogen-bond donors (Lipinski definition) is 1. The highest BCUT2D eigenvalue weighted by Crippen LogP contribution is 2.33. The lowest BCUT2D eigenvalue weighted by molar-refractivity contribution is 0.0239. The number of aliphatic hydroxyl groups is 1. The minimum absolute atomic E-state index is 0.146. The molecule has 0 spiro atoms.